The Hall–Kier alpha value is -2.04. The average molecular weight is 275 g/mol. The summed E-state index contributed by atoms with van der Waals surface area (Å²) in [6.45, 7) is 6.61. The fraction of sp³-hybridized carbons (Fsp3) is 0.467. The largest absolute Gasteiger partial charge is 0.347 e. The number of likely N-dealkylation sites (N-methyl/N-ethyl adjacent to an activating group) is 1. The van der Waals surface area contributed by atoms with Crippen LogP contribution in [0.25, 0.3) is 11.0 Å². The van der Waals surface area contributed by atoms with Gasteiger partial charge in [0.05, 0.1) is 11.0 Å². The molecule has 0 bridgehead atoms. The zero-order chi connectivity index (χ0) is 15.0. The first kappa shape index (κ1) is 14.4. The third-order valence-electron chi connectivity index (χ3n) is 3.56. The zero-order valence-electron chi connectivity index (χ0n) is 12.7. The molecule has 0 saturated carbocycles. The first-order valence-electron chi connectivity index (χ1n) is 6.77. The van der Waals surface area contributed by atoms with Crippen LogP contribution in [0, 0.1) is 13.8 Å². The summed E-state index contributed by atoms with van der Waals surface area (Å²) in [6.07, 6.45) is 0. The minimum absolute atomic E-state index is 0.0813. The molecule has 5 heteroatoms. The summed E-state index contributed by atoms with van der Waals surface area (Å²) in [6, 6.07) is 4.04. The molecular weight excluding hydrogens is 254 g/mol. The SMILES string of the molecule is CCn1c(=O)n(CC(=O)N(C)C)c2c(C)cc(C)cc21. The molecule has 20 heavy (non-hydrogen) atoms. The molecule has 0 aliphatic carbocycles. The molecule has 0 saturated heterocycles. The maximum Gasteiger partial charge on any atom is 0.329 e. The Morgan fingerprint density at radius 3 is 2.40 bits per heavy atom. The van der Waals surface area contributed by atoms with Gasteiger partial charge in [0, 0.05) is 20.6 Å². The summed E-state index contributed by atoms with van der Waals surface area (Å²) >= 11 is 0. The number of imidazole rings is 1. The number of rotatable bonds is 3. The number of aromatic nitrogens is 2. The zero-order valence-corrected chi connectivity index (χ0v) is 12.7. The molecule has 5 nitrogen and oxygen atoms in total. The number of nitrogens with zero attached hydrogens (tertiary/aromatic N) is 3. The number of fused-ring (bicyclic) bond motifs is 1. The molecule has 0 spiro atoms. The van der Waals surface area contributed by atoms with Crippen molar-refractivity contribution in [1.82, 2.24) is 14.0 Å². The van der Waals surface area contributed by atoms with Crippen molar-refractivity contribution in [1.29, 1.82) is 0 Å². The van der Waals surface area contributed by atoms with Crippen LogP contribution < -0.4 is 5.69 Å². The van der Waals surface area contributed by atoms with Crippen LogP contribution in [0.4, 0.5) is 0 Å². The first-order chi connectivity index (χ1) is 9.36. The van der Waals surface area contributed by atoms with E-state index in [2.05, 4.69) is 0 Å². The number of aryl methyl sites for hydroxylation is 3. The summed E-state index contributed by atoms with van der Waals surface area (Å²) in [5.41, 5.74) is 3.79. The van der Waals surface area contributed by atoms with Crippen LogP contribution in [0.5, 0.6) is 0 Å². The summed E-state index contributed by atoms with van der Waals surface area (Å²) in [5.74, 6) is -0.0813. The third-order valence-corrected chi connectivity index (χ3v) is 3.56. The fourth-order valence-electron chi connectivity index (χ4n) is 2.57. The number of benzene rings is 1. The van der Waals surface area contributed by atoms with Gasteiger partial charge in [-0.05, 0) is 38.0 Å². The van der Waals surface area contributed by atoms with Gasteiger partial charge in [-0.25, -0.2) is 4.79 Å². The molecule has 0 aliphatic rings. The van der Waals surface area contributed by atoms with Gasteiger partial charge in [-0.3, -0.25) is 13.9 Å². The van der Waals surface area contributed by atoms with Crippen LogP contribution in [0.15, 0.2) is 16.9 Å². The van der Waals surface area contributed by atoms with E-state index in [0.29, 0.717) is 6.54 Å². The van der Waals surface area contributed by atoms with Crippen LogP contribution in [-0.4, -0.2) is 34.0 Å². The molecule has 2 aromatic rings. The number of amides is 1. The molecule has 1 aromatic heterocycles. The summed E-state index contributed by atoms with van der Waals surface area (Å²) in [7, 11) is 3.40. The van der Waals surface area contributed by atoms with Gasteiger partial charge in [-0.2, -0.15) is 0 Å². The Kier molecular flexibility index (Phi) is 3.70. The molecule has 0 fully saturated rings. The molecule has 0 N–H and O–H groups in total. The van der Waals surface area contributed by atoms with Gasteiger partial charge in [0.25, 0.3) is 0 Å². The van der Waals surface area contributed by atoms with Crippen LogP contribution in [0.1, 0.15) is 18.1 Å². The fourth-order valence-corrected chi connectivity index (χ4v) is 2.57. The van der Waals surface area contributed by atoms with Crippen molar-refractivity contribution in [2.24, 2.45) is 0 Å². The molecule has 108 valence electrons. The number of carbonyl (C=O) groups excluding carboxylic acids is 1. The second-order valence-corrected chi connectivity index (χ2v) is 5.35. The molecule has 1 amide bonds. The molecule has 0 atom stereocenters. The second kappa shape index (κ2) is 5.15. The van der Waals surface area contributed by atoms with E-state index in [4.69, 9.17) is 0 Å². The van der Waals surface area contributed by atoms with Crippen molar-refractivity contribution >= 4 is 16.9 Å². The van der Waals surface area contributed by atoms with E-state index in [-0.39, 0.29) is 18.1 Å². The van der Waals surface area contributed by atoms with Crippen molar-refractivity contribution in [3.63, 3.8) is 0 Å². The second-order valence-electron chi connectivity index (χ2n) is 5.35. The Bertz CT molecular complexity index is 723. The van der Waals surface area contributed by atoms with E-state index in [1.165, 1.54) is 4.90 Å². The lowest BCUT2D eigenvalue weighted by Crippen LogP contribution is -2.32. The summed E-state index contributed by atoms with van der Waals surface area (Å²) < 4.78 is 3.30. The molecule has 0 unspecified atom stereocenters. The van der Waals surface area contributed by atoms with Crippen LogP contribution in [0.3, 0.4) is 0 Å². The maximum atomic E-state index is 12.5. The monoisotopic (exact) mass is 275 g/mol. The van der Waals surface area contributed by atoms with Crippen molar-refractivity contribution in [2.45, 2.75) is 33.9 Å². The predicted molar refractivity (Wildman–Crippen MR) is 80.0 cm³/mol. The van der Waals surface area contributed by atoms with Gasteiger partial charge in [0.15, 0.2) is 0 Å². The minimum Gasteiger partial charge on any atom is -0.347 e. The van der Waals surface area contributed by atoms with Gasteiger partial charge in [-0.15, -0.1) is 0 Å². The van der Waals surface area contributed by atoms with Gasteiger partial charge in [0.2, 0.25) is 5.91 Å². The normalized spacial score (nSPS) is 11.1. The van der Waals surface area contributed by atoms with Crippen molar-refractivity contribution in [3.05, 3.63) is 33.7 Å². The summed E-state index contributed by atoms with van der Waals surface area (Å²) in [5, 5.41) is 0. The Morgan fingerprint density at radius 1 is 1.20 bits per heavy atom. The summed E-state index contributed by atoms with van der Waals surface area (Å²) in [4.78, 5) is 25.9. The van der Waals surface area contributed by atoms with E-state index >= 15 is 0 Å². The van der Waals surface area contributed by atoms with Crippen molar-refractivity contribution in [2.75, 3.05) is 14.1 Å². The maximum absolute atomic E-state index is 12.5. The molecule has 0 radical (unpaired) electrons. The molecule has 0 aliphatic heterocycles. The van der Waals surface area contributed by atoms with Crippen LogP contribution in [-0.2, 0) is 17.9 Å². The quantitative estimate of drug-likeness (QED) is 0.853. The topological polar surface area (TPSA) is 47.2 Å². The minimum atomic E-state index is -0.119. The molecule has 1 aromatic carbocycles. The Morgan fingerprint density at radius 2 is 1.85 bits per heavy atom. The van der Waals surface area contributed by atoms with Crippen molar-refractivity contribution in [3.8, 4) is 0 Å². The van der Waals surface area contributed by atoms with E-state index < -0.39 is 0 Å². The lowest BCUT2D eigenvalue weighted by Gasteiger charge is -2.11. The number of hydrogen-bond acceptors (Lipinski definition) is 2. The van der Waals surface area contributed by atoms with E-state index in [9.17, 15) is 9.59 Å². The average Bonchev–Trinajstić information content (AvgIpc) is 2.61. The molecular formula is C15H21N3O2. The predicted octanol–water partition coefficient (Wildman–Crippen LogP) is 1.53. The lowest BCUT2D eigenvalue weighted by molar-refractivity contribution is -0.129. The van der Waals surface area contributed by atoms with Gasteiger partial charge >= 0.3 is 5.69 Å². The van der Waals surface area contributed by atoms with Gasteiger partial charge in [0.1, 0.15) is 6.54 Å². The standard InChI is InChI=1S/C15H21N3O2/c1-6-17-12-8-10(2)7-11(3)14(12)18(15(17)20)9-13(19)16(4)5/h7-8H,6,9H2,1-5H3. The van der Waals surface area contributed by atoms with Gasteiger partial charge in [-0.1, -0.05) is 6.07 Å². The van der Waals surface area contributed by atoms with E-state index in [1.54, 1.807) is 23.2 Å². The van der Waals surface area contributed by atoms with Gasteiger partial charge < -0.3 is 4.90 Å². The Balaban J connectivity index is 2.74. The van der Waals surface area contributed by atoms with Crippen LogP contribution in [0.2, 0.25) is 0 Å². The number of carbonyl (C=O) groups is 1. The highest BCUT2D eigenvalue weighted by Gasteiger charge is 2.17. The molecule has 1 heterocycles. The number of hydrogen-bond donors (Lipinski definition) is 0. The Labute approximate surface area is 118 Å². The smallest absolute Gasteiger partial charge is 0.329 e. The third kappa shape index (κ3) is 2.24. The lowest BCUT2D eigenvalue weighted by atomic mass is 10.1. The van der Waals surface area contributed by atoms with E-state index in [1.807, 2.05) is 32.9 Å². The highest BCUT2D eigenvalue weighted by molar-refractivity contribution is 5.83. The molecule has 2 rings (SSSR count). The van der Waals surface area contributed by atoms with E-state index in [0.717, 1.165) is 22.2 Å². The highest BCUT2D eigenvalue weighted by atomic mass is 16.2. The van der Waals surface area contributed by atoms with Crippen LogP contribution >= 0.6 is 0 Å². The first-order valence-corrected chi connectivity index (χ1v) is 6.77. The highest BCUT2D eigenvalue weighted by Crippen LogP contribution is 2.20. The van der Waals surface area contributed by atoms with Crippen molar-refractivity contribution < 1.29 is 4.79 Å².